The Kier molecular flexibility index (Phi) is 5.11. The van der Waals surface area contributed by atoms with Crippen LogP contribution >= 0.6 is 23.4 Å². The summed E-state index contributed by atoms with van der Waals surface area (Å²) < 4.78 is 0. The van der Waals surface area contributed by atoms with E-state index >= 15 is 0 Å². The molecule has 0 aromatic heterocycles. The third kappa shape index (κ3) is 3.86. The monoisotopic (exact) mass is 374 g/mol. The van der Waals surface area contributed by atoms with Crippen LogP contribution in [0.3, 0.4) is 0 Å². The molecule has 0 aliphatic carbocycles. The normalized spacial score (nSPS) is 14.1. The second-order valence-corrected chi connectivity index (χ2v) is 6.94. The van der Waals surface area contributed by atoms with E-state index in [1.165, 1.54) is 4.90 Å². The van der Waals surface area contributed by atoms with Crippen LogP contribution in [0.15, 0.2) is 42.5 Å². The number of benzene rings is 2. The van der Waals surface area contributed by atoms with Crippen LogP contribution in [0.4, 0.5) is 10.5 Å². The van der Waals surface area contributed by atoms with Crippen molar-refractivity contribution in [1.29, 1.82) is 0 Å². The van der Waals surface area contributed by atoms with E-state index in [0.717, 1.165) is 22.9 Å². The molecule has 0 bridgehead atoms. The van der Waals surface area contributed by atoms with E-state index in [0.29, 0.717) is 16.3 Å². The van der Waals surface area contributed by atoms with Gasteiger partial charge in [0.1, 0.15) is 0 Å². The van der Waals surface area contributed by atoms with Gasteiger partial charge in [-0.1, -0.05) is 41.6 Å². The smallest absolute Gasteiger partial charge is 0.289 e. The van der Waals surface area contributed by atoms with Gasteiger partial charge in [0.15, 0.2) is 0 Å². The highest BCUT2D eigenvalue weighted by Crippen LogP contribution is 2.24. The Bertz CT molecular complexity index is 853. The number of hydrogen-bond donors (Lipinski definition) is 1. The highest BCUT2D eigenvalue weighted by atomic mass is 35.5. The lowest BCUT2D eigenvalue weighted by Gasteiger charge is -2.14. The van der Waals surface area contributed by atoms with Gasteiger partial charge >= 0.3 is 0 Å². The molecular formula is C18H15ClN2O3S. The van der Waals surface area contributed by atoms with Gasteiger partial charge in [-0.05, 0) is 42.3 Å². The first-order valence-electron chi connectivity index (χ1n) is 7.58. The molecule has 5 nitrogen and oxygen atoms in total. The van der Waals surface area contributed by atoms with Gasteiger partial charge in [-0.3, -0.25) is 19.3 Å². The summed E-state index contributed by atoms with van der Waals surface area (Å²) in [5, 5.41) is 3.15. The van der Waals surface area contributed by atoms with Gasteiger partial charge in [-0.2, -0.15) is 0 Å². The third-order valence-corrected chi connectivity index (χ3v) is 5.15. The number of anilines is 1. The van der Waals surface area contributed by atoms with Crippen LogP contribution in [-0.2, 0) is 11.3 Å². The average Bonchev–Trinajstić information content (AvgIpc) is 2.91. The zero-order valence-electron chi connectivity index (χ0n) is 13.4. The van der Waals surface area contributed by atoms with Crippen LogP contribution in [-0.4, -0.2) is 27.7 Å². The lowest BCUT2D eigenvalue weighted by Crippen LogP contribution is -2.28. The topological polar surface area (TPSA) is 66.5 Å². The van der Waals surface area contributed by atoms with E-state index < -0.39 is 0 Å². The number of rotatable bonds is 4. The maximum Gasteiger partial charge on any atom is 0.289 e. The number of amides is 3. The first kappa shape index (κ1) is 17.5. The summed E-state index contributed by atoms with van der Waals surface area (Å²) in [7, 11) is 0. The van der Waals surface area contributed by atoms with E-state index in [1.807, 2.05) is 6.92 Å². The Morgan fingerprint density at radius 1 is 1.24 bits per heavy atom. The minimum Gasteiger partial charge on any atom is -0.322 e. The quantitative estimate of drug-likeness (QED) is 0.875. The van der Waals surface area contributed by atoms with Crippen molar-refractivity contribution in [1.82, 2.24) is 4.90 Å². The Hall–Kier alpha value is -2.31. The molecular weight excluding hydrogens is 360 g/mol. The van der Waals surface area contributed by atoms with Crippen molar-refractivity contribution >= 4 is 46.1 Å². The SMILES string of the molecule is Cc1c(Cl)cccc1NC(=O)c1cccc(CN2C(=O)CSC2=O)c1. The molecule has 128 valence electrons. The van der Waals surface area contributed by atoms with Crippen LogP contribution in [0, 0.1) is 6.92 Å². The maximum atomic E-state index is 12.5. The number of imide groups is 1. The largest absolute Gasteiger partial charge is 0.322 e. The third-order valence-electron chi connectivity index (χ3n) is 3.89. The van der Waals surface area contributed by atoms with Crippen molar-refractivity contribution < 1.29 is 14.4 Å². The van der Waals surface area contributed by atoms with Gasteiger partial charge < -0.3 is 5.32 Å². The first-order valence-corrected chi connectivity index (χ1v) is 8.94. The van der Waals surface area contributed by atoms with E-state index in [9.17, 15) is 14.4 Å². The Morgan fingerprint density at radius 2 is 2.00 bits per heavy atom. The molecule has 3 rings (SSSR count). The summed E-state index contributed by atoms with van der Waals surface area (Å²) in [5.41, 5.74) is 2.60. The molecule has 0 spiro atoms. The van der Waals surface area contributed by atoms with E-state index in [1.54, 1.807) is 42.5 Å². The molecule has 1 heterocycles. The van der Waals surface area contributed by atoms with Gasteiger partial charge in [-0.25, -0.2) is 0 Å². The zero-order chi connectivity index (χ0) is 18.0. The van der Waals surface area contributed by atoms with E-state index in [2.05, 4.69) is 5.32 Å². The molecule has 3 amide bonds. The molecule has 0 radical (unpaired) electrons. The summed E-state index contributed by atoms with van der Waals surface area (Å²) in [6.07, 6.45) is 0. The van der Waals surface area contributed by atoms with Crippen molar-refractivity contribution in [3.63, 3.8) is 0 Å². The van der Waals surface area contributed by atoms with Gasteiger partial charge in [0.2, 0.25) is 5.91 Å². The van der Waals surface area contributed by atoms with Gasteiger partial charge in [0.05, 0.1) is 12.3 Å². The summed E-state index contributed by atoms with van der Waals surface area (Å²) in [5.74, 6) is -0.312. The lowest BCUT2D eigenvalue weighted by atomic mass is 10.1. The van der Waals surface area contributed by atoms with Crippen LogP contribution < -0.4 is 5.32 Å². The molecule has 0 unspecified atom stereocenters. The average molecular weight is 375 g/mol. The molecule has 2 aromatic rings. The number of halogens is 1. The second-order valence-electron chi connectivity index (χ2n) is 5.60. The lowest BCUT2D eigenvalue weighted by molar-refractivity contribution is -0.125. The summed E-state index contributed by atoms with van der Waals surface area (Å²) in [4.78, 5) is 37.1. The summed E-state index contributed by atoms with van der Waals surface area (Å²) in [6.45, 7) is 2.00. The number of nitrogens with one attached hydrogen (secondary N) is 1. The van der Waals surface area contributed by atoms with Crippen molar-refractivity contribution in [2.24, 2.45) is 0 Å². The minimum absolute atomic E-state index is 0.169. The Morgan fingerprint density at radius 3 is 2.72 bits per heavy atom. The van der Waals surface area contributed by atoms with Crippen LogP contribution in [0.5, 0.6) is 0 Å². The number of thioether (sulfide) groups is 1. The highest BCUT2D eigenvalue weighted by Gasteiger charge is 2.29. The van der Waals surface area contributed by atoms with Crippen LogP contribution in [0.2, 0.25) is 5.02 Å². The number of carbonyl (C=O) groups is 3. The molecule has 7 heteroatoms. The molecule has 1 N–H and O–H groups in total. The highest BCUT2D eigenvalue weighted by molar-refractivity contribution is 8.14. The fraction of sp³-hybridized carbons (Fsp3) is 0.167. The molecule has 25 heavy (non-hydrogen) atoms. The Labute approximate surface area is 154 Å². The first-order chi connectivity index (χ1) is 12.0. The molecule has 2 aromatic carbocycles. The second kappa shape index (κ2) is 7.29. The number of hydrogen-bond acceptors (Lipinski definition) is 4. The standard InChI is InChI=1S/C18H15ClN2O3S/c1-11-14(19)6-3-7-15(11)20-17(23)13-5-2-4-12(8-13)9-21-16(22)10-25-18(21)24/h2-8H,9-10H2,1H3,(H,20,23). The molecule has 1 saturated heterocycles. The zero-order valence-corrected chi connectivity index (χ0v) is 15.0. The van der Waals surface area contributed by atoms with Gasteiger partial charge in [0, 0.05) is 16.3 Å². The van der Waals surface area contributed by atoms with Gasteiger partial charge in [0.25, 0.3) is 11.1 Å². The fourth-order valence-corrected chi connectivity index (χ4v) is 3.36. The number of nitrogens with zero attached hydrogens (tertiary/aromatic N) is 1. The molecule has 1 aliphatic heterocycles. The summed E-state index contributed by atoms with van der Waals surface area (Å²) >= 11 is 7.06. The molecule has 1 aliphatic rings. The minimum atomic E-state index is -0.277. The Balaban J connectivity index is 1.76. The molecule has 1 fully saturated rings. The summed E-state index contributed by atoms with van der Waals surface area (Å²) in [6, 6.07) is 12.2. The maximum absolute atomic E-state index is 12.5. The van der Waals surface area contributed by atoms with Crippen molar-refractivity contribution in [3.8, 4) is 0 Å². The van der Waals surface area contributed by atoms with E-state index in [4.69, 9.17) is 11.6 Å². The van der Waals surface area contributed by atoms with Crippen molar-refractivity contribution in [2.75, 3.05) is 11.1 Å². The van der Waals surface area contributed by atoms with Crippen LogP contribution in [0.1, 0.15) is 21.5 Å². The van der Waals surface area contributed by atoms with Crippen LogP contribution in [0.25, 0.3) is 0 Å². The predicted octanol–water partition coefficient (Wildman–Crippen LogP) is 4.10. The van der Waals surface area contributed by atoms with Crippen molar-refractivity contribution in [3.05, 3.63) is 64.2 Å². The van der Waals surface area contributed by atoms with Crippen molar-refractivity contribution in [2.45, 2.75) is 13.5 Å². The molecule has 0 saturated carbocycles. The van der Waals surface area contributed by atoms with E-state index in [-0.39, 0.29) is 29.4 Å². The fourth-order valence-electron chi connectivity index (χ4n) is 2.46. The molecule has 0 atom stereocenters. The number of carbonyl (C=O) groups excluding carboxylic acids is 3. The van der Waals surface area contributed by atoms with Gasteiger partial charge in [-0.15, -0.1) is 0 Å². The predicted molar refractivity (Wildman–Crippen MR) is 99.0 cm³/mol.